The molecule has 0 N–H and O–H groups in total. The number of nitriles is 1. The molecule has 1 aliphatic rings. The number of pyridine rings is 1. The van der Waals surface area contributed by atoms with E-state index in [2.05, 4.69) is 10.2 Å². The van der Waals surface area contributed by atoms with Gasteiger partial charge in [-0.2, -0.15) is 15.5 Å². The number of nitrogens with zero attached hydrogens (tertiary/aromatic N) is 5. The summed E-state index contributed by atoms with van der Waals surface area (Å²) < 4.78 is 26.5. The first kappa shape index (κ1) is 19.0. The Labute approximate surface area is 157 Å². The average Bonchev–Trinajstić information content (AvgIpc) is 3.07. The van der Waals surface area contributed by atoms with E-state index in [0.29, 0.717) is 23.4 Å². The van der Waals surface area contributed by atoms with E-state index < -0.39 is 15.4 Å². The van der Waals surface area contributed by atoms with Crippen LogP contribution < -0.4 is 5.56 Å². The maximum absolute atomic E-state index is 12.5. The summed E-state index contributed by atoms with van der Waals surface area (Å²) in [6, 6.07) is 3.48. The van der Waals surface area contributed by atoms with Crippen molar-refractivity contribution in [2.24, 2.45) is 5.10 Å². The Hall–Kier alpha value is -2.73. The highest BCUT2D eigenvalue weighted by atomic mass is 32.2. The van der Waals surface area contributed by atoms with Gasteiger partial charge in [-0.25, -0.2) is 13.1 Å². The summed E-state index contributed by atoms with van der Waals surface area (Å²) in [6.07, 6.45) is 2.09. The highest BCUT2D eigenvalue weighted by Crippen LogP contribution is 2.26. The molecule has 0 aliphatic carbocycles. The summed E-state index contributed by atoms with van der Waals surface area (Å²) in [6.45, 7) is 7.14. The third kappa shape index (κ3) is 3.45. The molecule has 27 heavy (non-hydrogen) atoms. The van der Waals surface area contributed by atoms with Gasteiger partial charge in [0.05, 0.1) is 29.5 Å². The minimum absolute atomic E-state index is 0.0676. The fourth-order valence-corrected chi connectivity index (χ4v) is 5.15. The van der Waals surface area contributed by atoms with Crippen LogP contribution in [0.25, 0.3) is 0 Å². The Morgan fingerprint density at radius 2 is 2.04 bits per heavy atom. The molecule has 0 amide bonds. The van der Waals surface area contributed by atoms with Crippen molar-refractivity contribution in [2.75, 3.05) is 11.5 Å². The minimum atomic E-state index is -3.01. The van der Waals surface area contributed by atoms with Crippen molar-refractivity contribution in [1.29, 1.82) is 5.26 Å². The van der Waals surface area contributed by atoms with Crippen LogP contribution in [0.5, 0.6) is 0 Å². The Kier molecular flexibility index (Phi) is 4.78. The SMILES string of the molecule is Cc1cc(C)n(N=Cc2c(C)nn([C@H]3CCS(=O)(=O)C3)c2C)c(=O)c1C#N. The topological polar surface area (TPSA) is 110 Å². The van der Waals surface area contributed by atoms with Gasteiger partial charge in [0.25, 0.3) is 5.56 Å². The maximum Gasteiger partial charge on any atom is 0.289 e. The lowest BCUT2D eigenvalue weighted by Gasteiger charge is -2.11. The predicted octanol–water partition coefficient (Wildman–Crippen LogP) is 1.39. The quantitative estimate of drug-likeness (QED) is 0.739. The summed E-state index contributed by atoms with van der Waals surface area (Å²) in [5, 5.41) is 17.9. The van der Waals surface area contributed by atoms with Gasteiger partial charge in [-0.15, -0.1) is 0 Å². The number of hydrogen-bond donors (Lipinski definition) is 0. The van der Waals surface area contributed by atoms with Crippen molar-refractivity contribution in [2.45, 2.75) is 40.2 Å². The van der Waals surface area contributed by atoms with Crippen LogP contribution >= 0.6 is 0 Å². The van der Waals surface area contributed by atoms with Crippen LogP contribution in [0.3, 0.4) is 0 Å². The van der Waals surface area contributed by atoms with E-state index in [9.17, 15) is 18.5 Å². The predicted molar refractivity (Wildman–Crippen MR) is 102 cm³/mol. The van der Waals surface area contributed by atoms with Crippen LogP contribution in [-0.2, 0) is 9.84 Å². The van der Waals surface area contributed by atoms with Crippen LogP contribution in [0.1, 0.15) is 46.2 Å². The van der Waals surface area contributed by atoms with E-state index in [1.165, 1.54) is 4.68 Å². The molecule has 1 fully saturated rings. The van der Waals surface area contributed by atoms with Gasteiger partial charge in [-0.05, 0) is 45.7 Å². The summed E-state index contributed by atoms with van der Waals surface area (Å²) in [7, 11) is -3.01. The average molecular weight is 387 g/mol. The number of aryl methyl sites for hydroxylation is 3. The first-order chi connectivity index (χ1) is 12.6. The van der Waals surface area contributed by atoms with Gasteiger partial charge in [-0.3, -0.25) is 9.48 Å². The lowest BCUT2D eigenvalue weighted by Crippen LogP contribution is -2.22. The molecule has 2 aromatic heterocycles. The van der Waals surface area contributed by atoms with E-state index in [1.54, 1.807) is 30.8 Å². The van der Waals surface area contributed by atoms with Crippen molar-refractivity contribution < 1.29 is 8.42 Å². The molecule has 0 bridgehead atoms. The van der Waals surface area contributed by atoms with Crippen LogP contribution in [0.15, 0.2) is 16.0 Å². The van der Waals surface area contributed by atoms with Gasteiger partial charge in [0.15, 0.2) is 9.84 Å². The Bertz CT molecular complexity index is 1150. The van der Waals surface area contributed by atoms with Crippen molar-refractivity contribution >= 4 is 16.1 Å². The van der Waals surface area contributed by atoms with Crippen molar-refractivity contribution in [3.63, 3.8) is 0 Å². The summed E-state index contributed by atoms with van der Waals surface area (Å²) in [4.78, 5) is 12.5. The molecule has 1 aliphatic heterocycles. The first-order valence-electron chi connectivity index (χ1n) is 8.58. The Morgan fingerprint density at radius 1 is 1.33 bits per heavy atom. The first-order valence-corrected chi connectivity index (χ1v) is 10.4. The van der Waals surface area contributed by atoms with E-state index in [4.69, 9.17) is 0 Å². The second-order valence-corrected chi connectivity index (χ2v) is 9.13. The molecule has 1 saturated heterocycles. The minimum Gasteiger partial charge on any atom is -0.266 e. The fraction of sp³-hybridized carbons (Fsp3) is 0.444. The lowest BCUT2D eigenvalue weighted by molar-refractivity contribution is 0.486. The number of rotatable bonds is 3. The smallest absolute Gasteiger partial charge is 0.266 e. The molecule has 0 aromatic carbocycles. The molecule has 0 saturated carbocycles. The number of aromatic nitrogens is 3. The Morgan fingerprint density at radius 3 is 2.63 bits per heavy atom. The fourth-order valence-electron chi connectivity index (χ4n) is 3.46. The molecular weight excluding hydrogens is 366 g/mol. The van der Waals surface area contributed by atoms with Crippen LogP contribution in [0.2, 0.25) is 0 Å². The van der Waals surface area contributed by atoms with Gasteiger partial charge >= 0.3 is 0 Å². The van der Waals surface area contributed by atoms with Crippen molar-refractivity contribution in [3.8, 4) is 6.07 Å². The second kappa shape index (κ2) is 6.78. The summed E-state index contributed by atoms with van der Waals surface area (Å²) in [5.41, 5.74) is 3.10. The zero-order valence-corrected chi connectivity index (χ0v) is 16.5. The normalized spacial score (nSPS) is 18.9. The maximum atomic E-state index is 12.5. The zero-order chi connectivity index (χ0) is 19.9. The van der Waals surface area contributed by atoms with Crippen molar-refractivity contribution in [1.82, 2.24) is 14.5 Å². The van der Waals surface area contributed by atoms with Gasteiger partial charge in [0.1, 0.15) is 11.6 Å². The van der Waals surface area contributed by atoms with E-state index in [1.807, 2.05) is 19.9 Å². The summed E-state index contributed by atoms with van der Waals surface area (Å²) >= 11 is 0. The number of sulfone groups is 1. The molecule has 3 heterocycles. The van der Waals surface area contributed by atoms with Crippen molar-refractivity contribution in [3.05, 3.63) is 50.2 Å². The molecule has 9 heteroatoms. The van der Waals surface area contributed by atoms with Gasteiger partial charge in [0, 0.05) is 17.0 Å². The molecule has 0 radical (unpaired) electrons. The third-order valence-corrected chi connectivity index (χ3v) is 6.66. The third-order valence-electron chi connectivity index (χ3n) is 4.91. The van der Waals surface area contributed by atoms with E-state index in [0.717, 1.165) is 11.3 Å². The van der Waals surface area contributed by atoms with Crippen LogP contribution in [0.4, 0.5) is 0 Å². The van der Waals surface area contributed by atoms with Crippen LogP contribution in [-0.4, -0.2) is 40.6 Å². The molecular formula is C18H21N5O3S. The highest BCUT2D eigenvalue weighted by molar-refractivity contribution is 7.91. The summed E-state index contributed by atoms with van der Waals surface area (Å²) in [5.74, 6) is 0.266. The van der Waals surface area contributed by atoms with Gasteiger partial charge in [-0.1, -0.05) is 0 Å². The lowest BCUT2D eigenvalue weighted by atomic mass is 10.1. The molecule has 2 aromatic rings. The molecule has 0 unspecified atom stereocenters. The molecule has 3 rings (SSSR count). The van der Waals surface area contributed by atoms with E-state index in [-0.39, 0.29) is 23.1 Å². The molecule has 0 spiro atoms. The number of hydrogen-bond acceptors (Lipinski definition) is 6. The largest absolute Gasteiger partial charge is 0.289 e. The molecule has 1 atom stereocenters. The molecule has 8 nitrogen and oxygen atoms in total. The van der Waals surface area contributed by atoms with Crippen LogP contribution in [0, 0.1) is 39.0 Å². The standard InChI is InChI=1S/C18H21N5O3S/c1-11-7-12(2)22(18(24)16(11)8-19)20-9-17-13(3)21-23(14(17)4)15-5-6-27(25,26)10-15/h7,9,15H,5-6,10H2,1-4H3/t15-/m0/s1. The van der Waals surface area contributed by atoms with Gasteiger partial charge in [0.2, 0.25) is 0 Å². The van der Waals surface area contributed by atoms with Gasteiger partial charge < -0.3 is 0 Å². The Balaban J connectivity index is 2.01. The highest BCUT2D eigenvalue weighted by Gasteiger charge is 2.31. The monoisotopic (exact) mass is 387 g/mol. The zero-order valence-electron chi connectivity index (χ0n) is 15.7. The van der Waals surface area contributed by atoms with E-state index >= 15 is 0 Å². The second-order valence-electron chi connectivity index (χ2n) is 6.90. The molecule has 142 valence electrons.